The van der Waals surface area contributed by atoms with Crippen molar-refractivity contribution in [2.45, 2.75) is 69.4 Å². The molecule has 74 valence electrons. The molecule has 2 aliphatic carbocycles. The van der Waals surface area contributed by atoms with Gasteiger partial charge >= 0.3 is 0 Å². The molecule has 0 N–H and O–H groups in total. The fourth-order valence-electron chi connectivity index (χ4n) is 2.59. The number of hydrogen-bond donors (Lipinski definition) is 0. The summed E-state index contributed by atoms with van der Waals surface area (Å²) in [5.41, 5.74) is 0. The molecule has 0 aromatic heterocycles. The van der Waals surface area contributed by atoms with Crippen LogP contribution in [0.15, 0.2) is 0 Å². The largest absolute Gasteiger partial charge is 0.370 e. The fourth-order valence-corrected chi connectivity index (χ4v) is 2.59. The lowest BCUT2D eigenvalue weighted by molar-refractivity contribution is 0.322. The van der Waals surface area contributed by atoms with Crippen LogP contribution in [0.2, 0.25) is 0 Å². The summed E-state index contributed by atoms with van der Waals surface area (Å²) in [5, 5.41) is 0. The number of ether oxygens (including phenoxy) is 2. The molecule has 2 heterocycles. The van der Waals surface area contributed by atoms with Crippen molar-refractivity contribution in [1.29, 1.82) is 0 Å². The van der Waals surface area contributed by atoms with Crippen molar-refractivity contribution in [1.82, 2.24) is 0 Å². The van der Waals surface area contributed by atoms with E-state index in [2.05, 4.69) is 0 Å². The number of fused-ring (bicyclic) bond motifs is 2. The van der Waals surface area contributed by atoms with E-state index in [1.54, 1.807) is 0 Å². The van der Waals surface area contributed by atoms with Crippen LogP contribution in [0.25, 0.3) is 0 Å². The van der Waals surface area contributed by atoms with Crippen LogP contribution in [0.1, 0.15) is 44.9 Å². The van der Waals surface area contributed by atoms with Crippen molar-refractivity contribution in [3.63, 3.8) is 0 Å². The van der Waals surface area contributed by atoms with Gasteiger partial charge in [0, 0.05) is 0 Å². The molecule has 2 saturated heterocycles. The van der Waals surface area contributed by atoms with E-state index >= 15 is 0 Å². The highest BCUT2D eigenvalue weighted by Crippen LogP contribution is 2.37. The van der Waals surface area contributed by atoms with Crippen LogP contribution in [0, 0.1) is 0 Å². The normalized spacial score (nSPS) is 49.8. The summed E-state index contributed by atoms with van der Waals surface area (Å²) >= 11 is 0. The van der Waals surface area contributed by atoms with Gasteiger partial charge in [0.15, 0.2) is 0 Å². The minimum Gasteiger partial charge on any atom is -0.370 e. The Morgan fingerprint density at radius 3 is 1.23 bits per heavy atom. The highest BCUT2D eigenvalue weighted by atomic mass is 16.6. The van der Waals surface area contributed by atoms with Gasteiger partial charge in [-0.2, -0.15) is 0 Å². The summed E-state index contributed by atoms with van der Waals surface area (Å²) in [7, 11) is 0. The zero-order valence-electron chi connectivity index (χ0n) is 8.08. The zero-order valence-corrected chi connectivity index (χ0v) is 8.08. The Morgan fingerprint density at radius 1 is 0.538 bits per heavy atom. The maximum atomic E-state index is 5.28. The minimum atomic E-state index is 0.703. The Hall–Kier alpha value is -0.0800. The Bertz CT molecular complexity index is 175. The Kier molecular flexibility index (Phi) is 2.06. The number of epoxide rings is 2. The molecule has 2 heteroatoms. The number of rotatable bonds is 0. The van der Waals surface area contributed by atoms with E-state index in [4.69, 9.17) is 9.47 Å². The minimum absolute atomic E-state index is 0.703. The van der Waals surface area contributed by atoms with Gasteiger partial charge in [-0.25, -0.2) is 0 Å². The van der Waals surface area contributed by atoms with Crippen LogP contribution >= 0.6 is 0 Å². The van der Waals surface area contributed by atoms with Gasteiger partial charge in [-0.15, -0.1) is 0 Å². The lowest BCUT2D eigenvalue weighted by atomic mass is 10.0. The first-order valence-electron chi connectivity index (χ1n) is 5.74. The van der Waals surface area contributed by atoms with Crippen LogP contribution in [-0.2, 0) is 9.47 Å². The van der Waals surface area contributed by atoms with Crippen molar-refractivity contribution in [3.8, 4) is 0 Å². The van der Waals surface area contributed by atoms with Gasteiger partial charge < -0.3 is 9.47 Å². The second-order valence-electron chi connectivity index (χ2n) is 4.64. The summed E-state index contributed by atoms with van der Waals surface area (Å²) in [6.45, 7) is 0. The molecule has 4 unspecified atom stereocenters. The first kappa shape index (κ1) is 8.25. The standard InChI is InChI=1S/C6H10O.C5H8O/c1-2-4-6-5(3-1)7-6;1-2-4-5(3-1)6-4/h5-6H,1-4H2;4-5H,1-3H2. The van der Waals surface area contributed by atoms with Crippen LogP contribution < -0.4 is 0 Å². The zero-order chi connectivity index (χ0) is 8.67. The molecular weight excluding hydrogens is 164 g/mol. The third-order valence-corrected chi connectivity index (χ3v) is 3.58. The van der Waals surface area contributed by atoms with Gasteiger partial charge in [-0.1, -0.05) is 12.8 Å². The molecule has 4 fully saturated rings. The summed E-state index contributed by atoms with van der Waals surface area (Å²) in [5.74, 6) is 0. The van der Waals surface area contributed by atoms with Gasteiger partial charge in [0.2, 0.25) is 0 Å². The van der Waals surface area contributed by atoms with Gasteiger partial charge in [0.1, 0.15) is 0 Å². The molecule has 0 bridgehead atoms. The summed E-state index contributed by atoms with van der Waals surface area (Å²) in [6, 6.07) is 0. The SMILES string of the molecule is C1CC2OC2C1.C1CCC2OC2C1. The van der Waals surface area contributed by atoms with Gasteiger partial charge in [-0.3, -0.25) is 0 Å². The highest BCUT2D eigenvalue weighted by molar-refractivity contribution is 4.90. The maximum absolute atomic E-state index is 5.28. The number of hydrogen-bond acceptors (Lipinski definition) is 2. The molecule has 4 aliphatic rings. The Morgan fingerprint density at radius 2 is 0.923 bits per heavy atom. The molecule has 0 aromatic rings. The van der Waals surface area contributed by atoms with E-state index < -0.39 is 0 Å². The lowest BCUT2D eigenvalue weighted by Crippen LogP contribution is -2.00. The monoisotopic (exact) mass is 182 g/mol. The Balaban J connectivity index is 0.0000000875. The third kappa shape index (κ3) is 1.89. The second-order valence-corrected chi connectivity index (χ2v) is 4.64. The van der Waals surface area contributed by atoms with E-state index in [9.17, 15) is 0 Å². The van der Waals surface area contributed by atoms with Gasteiger partial charge in [-0.05, 0) is 32.1 Å². The topological polar surface area (TPSA) is 25.1 Å². The van der Waals surface area contributed by atoms with Crippen molar-refractivity contribution >= 4 is 0 Å². The average molecular weight is 182 g/mol. The van der Waals surface area contributed by atoms with Gasteiger partial charge in [0.05, 0.1) is 24.4 Å². The second kappa shape index (κ2) is 3.25. The molecule has 2 nitrogen and oxygen atoms in total. The molecule has 0 spiro atoms. The van der Waals surface area contributed by atoms with Crippen molar-refractivity contribution in [2.75, 3.05) is 0 Å². The van der Waals surface area contributed by atoms with Crippen LogP contribution in [0.5, 0.6) is 0 Å². The predicted molar refractivity (Wildman–Crippen MR) is 49.6 cm³/mol. The molecule has 4 atom stereocenters. The lowest BCUT2D eigenvalue weighted by Gasteiger charge is -2.00. The molecule has 4 rings (SSSR count). The fraction of sp³-hybridized carbons (Fsp3) is 1.00. The van der Waals surface area contributed by atoms with Crippen LogP contribution in [0.4, 0.5) is 0 Å². The van der Waals surface area contributed by atoms with E-state index in [1.807, 2.05) is 0 Å². The van der Waals surface area contributed by atoms with Crippen LogP contribution in [0.3, 0.4) is 0 Å². The van der Waals surface area contributed by atoms with Crippen molar-refractivity contribution in [2.24, 2.45) is 0 Å². The van der Waals surface area contributed by atoms with E-state index in [1.165, 1.54) is 44.9 Å². The Labute approximate surface area is 79.6 Å². The molecular formula is C11H18O2. The van der Waals surface area contributed by atoms with Crippen molar-refractivity contribution in [3.05, 3.63) is 0 Å². The molecule has 2 saturated carbocycles. The third-order valence-electron chi connectivity index (χ3n) is 3.58. The smallest absolute Gasteiger partial charge is 0.0841 e. The van der Waals surface area contributed by atoms with Crippen molar-refractivity contribution < 1.29 is 9.47 Å². The predicted octanol–water partition coefficient (Wildman–Crippen LogP) is 2.27. The van der Waals surface area contributed by atoms with Crippen LogP contribution in [-0.4, -0.2) is 24.4 Å². The summed E-state index contributed by atoms with van der Waals surface area (Å²) in [4.78, 5) is 0. The molecule has 0 radical (unpaired) electrons. The highest BCUT2D eigenvalue weighted by Gasteiger charge is 2.42. The molecule has 0 aromatic carbocycles. The first-order chi connectivity index (χ1) is 6.43. The average Bonchev–Trinajstić information content (AvgIpc) is 3.07. The maximum Gasteiger partial charge on any atom is 0.0841 e. The van der Waals surface area contributed by atoms with E-state index in [0.717, 1.165) is 0 Å². The molecule has 13 heavy (non-hydrogen) atoms. The van der Waals surface area contributed by atoms with E-state index in [-0.39, 0.29) is 0 Å². The summed E-state index contributed by atoms with van der Waals surface area (Å²) < 4.78 is 10.4. The van der Waals surface area contributed by atoms with E-state index in [0.29, 0.717) is 24.4 Å². The summed E-state index contributed by atoms with van der Waals surface area (Å²) in [6.07, 6.45) is 12.4. The molecule has 2 aliphatic heterocycles. The molecule has 0 amide bonds. The van der Waals surface area contributed by atoms with Gasteiger partial charge in [0.25, 0.3) is 0 Å². The first-order valence-corrected chi connectivity index (χ1v) is 5.74. The quantitative estimate of drug-likeness (QED) is 0.537.